The molecule has 1 fully saturated rings. The Balaban J connectivity index is 2.26. The van der Waals surface area contributed by atoms with Crippen molar-refractivity contribution in [3.8, 4) is 11.8 Å². The van der Waals surface area contributed by atoms with E-state index in [2.05, 4.69) is 4.98 Å². The van der Waals surface area contributed by atoms with Gasteiger partial charge in [-0.25, -0.2) is 4.98 Å². The zero-order chi connectivity index (χ0) is 9.97. The van der Waals surface area contributed by atoms with E-state index < -0.39 is 0 Å². The molecule has 1 saturated carbocycles. The van der Waals surface area contributed by atoms with Crippen LogP contribution in [0, 0.1) is 11.3 Å². The molecule has 0 saturated heterocycles. The monoisotopic (exact) mass is 188 g/mol. The van der Waals surface area contributed by atoms with E-state index in [4.69, 9.17) is 10.00 Å². The summed E-state index contributed by atoms with van der Waals surface area (Å²) in [6.45, 7) is 0. The Hall–Kier alpha value is -1.89. The predicted molar refractivity (Wildman–Crippen MR) is 48.0 cm³/mol. The van der Waals surface area contributed by atoms with E-state index in [-0.39, 0.29) is 17.4 Å². The molecule has 0 aliphatic heterocycles. The van der Waals surface area contributed by atoms with Gasteiger partial charge in [0.2, 0.25) is 0 Å². The zero-order valence-corrected chi connectivity index (χ0v) is 7.43. The van der Waals surface area contributed by atoms with Crippen molar-refractivity contribution in [2.75, 3.05) is 0 Å². The molecule has 0 unspecified atom stereocenters. The number of carbonyl (C=O) groups is 1. The van der Waals surface area contributed by atoms with Gasteiger partial charge in [0.1, 0.15) is 17.5 Å². The van der Waals surface area contributed by atoms with Crippen molar-refractivity contribution < 1.29 is 9.53 Å². The molecule has 0 N–H and O–H groups in total. The molecule has 1 aromatic rings. The van der Waals surface area contributed by atoms with Crippen molar-refractivity contribution >= 4 is 6.29 Å². The average Bonchev–Trinajstić information content (AvgIpc) is 3.01. The quantitative estimate of drug-likeness (QED) is 0.671. The lowest BCUT2D eigenvalue weighted by Crippen LogP contribution is -1.99. The summed E-state index contributed by atoms with van der Waals surface area (Å²) in [4.78, 5) is 14.3. The fourth-order valence-electron chi connectivity index (χ4n) is 1.08. The van der Waals surface area contributed by atoms with Crippen molar-refractivity contribution in [2.24, 2.45) is 0 Å². The molecule has 0 bridgehead atoms. The van der Waals surface area contributed by atoms with Gasteiger partial charge in [-0.3, -0.25) is 4.79 Å². The number of rotatable bonds is 3. The van der Waals surface area contributed by atoms with Crippen LogP contribution in [0.2, 0.25) is 0 Å². The molecule has 14 heavy (non-hydrogen) atoms. The lowest BCUT2D eigenvalue weighted by molar-refractivity contribution is 0.111. The van der Waals surface area contributed by atoms with Crippen LogP contribution in [0.4, 0.5) is 0 Å². The highest BCUT2D eigenvalue weighted by Gasteiger charge is 2.23. The van der Waals surface area contributed by atoms with Crippen LogP contribution in [-0.4, -0.2) is 17.4 Å². The van der Waals surface area contributed by atoms with Crippen LogP contribution >= 0.6 is 0 Å². The van der Waals surface area contributed by atoms with Crippen LogP contribution in [0.3, 0.4) is 0 Å². The molecule has 0 atom stereocenters. The number of ether oxygens (including phenoxy) is 1. The second-order valence-electron chi connectivity index (χ2n) is 3.15. The highest BCUT2D eigenvalue weighted by molar-refractivity contribution is 5.76. The van der Waals surface area contributed by atoms with Gasteiger partial charge in [0.15, 0.2) is 6.29 Å². The largest absolute Gasteiger partial charge is 0.489 e. The van der Waals surface area contributed by atoms with E-state index in [0.29, 0.717) is 12.0 Å². The molecule has 0 aromatic carbocycles. The number of carbonyl (C=O) groups excluding carboxylic acids is 1. The van der Waals surface area contributed by atoms with Crippen LogP contribution in [0.25, 0.3) is 0 Å². The third-order valence-electron chi connectivity index (χ3n) is 1.95. The van der Waals surface area contributed by atoms with Crippen molar-refractivity contribution in [1.29, 1.82) is 5.26 Å². The molecule has 70 valence electrons. The van der Waals surface area contributed by atoms with E-state index in [1.165, 1.54) is 6.20 Å². The Morgan fingerprint density at radius 1 is 1.64 bits per heavy atom. The Morgan fingerprint density at radius 3 is 3.00 bits per heavy atom. The maximum absolute atomic E-state index is 10.5. The molecule has 4 nitrogen and oxygen atoms in total. The van der Waals surface area contributed by atoms with Gasteiger partial charge in [0.25, 0.3) is 0 Å². The van der Waals surface area contributed by atoms with Crippen LogP contribution in [0.5, 0.6) is 5.75 Å². The molecule has 1 aliphatic carbocycles. The van der Waals surface area contributed by atoms with Gasteiger partial charge in [0.05, 0.1) is 17.9 Å². The fourth-order valence-corrected chi connectivity index (χ4v) is 1.08. The molecule has 4 heteroatoms. The minimum atomic E-state index is 0.163. The number of pyridine rings is 1. The first kappa shape index (κ1) is 8.70. The average molecular weight is 188 g/mol. The maximum Gasteiger partial charge on any atom is 0.169 e. The lowest BCUT2D eigenvalue weighted by Gasteiger charge is -2.03. The smallest absolute Gasteiger partial charge is 0.169 e. The number of aldehydes is 1. The van der Waals surface area contributed by atoms with Gasteiger partial charge in [0, 0.05) is 6.07 Å². The van der Waals surface area contributed by atoms with Crippen molar-refractivity contribution in [3.05, 3.63) is 23.5 Å². The summed E-state index contributed by atoms with van der Waals surface area (Å²) in [5.41, 5.74) is 0.425. The van der Waals surface area contributed by atoms with E-state index >= 15 is 0 Å². The molecule has 0 amide bonds. The third kappa shape index (κ3) is 1.72. The second kappa shape index (κ2) is 3.46. The highest BCUT2D eigenvalue weighted by atomic mass is 16.5. The Labute approximate surface area is 81.1 Å². The number of hydrogen-bond acceptors (Lipinski definition) is 4. The van der Waals surface area contributed by atoms with Gasteiger partial charge in [-0.05, 0) is 12.8 Å². The summed E-state index contributed by atoms with van der Waals surface area (Å²) in [5.74, 6) is 0.564. The van der Waals surface area contributed by atoms with Crippen LogP contribution < -0.4 is 4.74 Å². The van der Waals surface area contributed by atoms with E-state index in [1.54, 1.807) is 6.07 Å². The van der Waals surface area contributed by atoms with Crippen LogP contribution in [-0.2, 0) is 0 Å². The SMILES string of the molecule is N#Cc1cc(OC2CC2)cnc1C=O. The number of nitrogens with zero attached hydrogens (tertiary/aromatic N) is 2. The Morgan fingerprint density at radius 2 is 2.43 bits per heavy atom. The molecule has 0 radical (unpaired) electrons. The molecular weight excluding hydrogens is 180 g/mol. The van der Waals surface area contributed by atoms with Crippen LogP contribution in [0.1, 0.15) is 28.9 Å². The maximum atomic E-state index is 10.5. The zero-order valence-electron chi connectivity index (χ0n) is 7.43. The first-order valence-corrected chi connectivity index (χ1v) is 4.35. The lowest BCUT2D eigenvalue weighted by atomic mass is 10.2. The number of hydrogen-bond donors (Lipinski definition) is 0. The Bertz CT molecular complexity index is 405. The highest BCUT2D eigenvalue weighted by Crippen LogP contribution is 2.26. The van der Waals surface area contributed by atoms with Gasteiger partial charge < -0.3 is 4.74 Å². The van der Waals surface area contributed by atoms with Crippen LogP contribution in [0.15, 0.2) is 12.3 Å². The predicted octanol–water partition coefficient (Wildman–Crippen LogP) is 1.31. The molecule has 1 aliphatic rings. The topological polar surface area (TPSA) is 63.0 Å². The standard InChI is InChI=1S/C10H8N2O2/c11-4-7-3-9(14-8-1-2-8)5-12-10(7)6-13/h3,5-6,8H,1-2H2. The molecule has 1 heterocycles. The first-order chi connectivity index (χ1) is 6.83. The van der Waals surface area contributed by atoms with Crippen molar-refractivity contribution in [3.63, 3.8) is 0 Å². The van der Waals surface area contributed by atoms with E-state index in [0.717, 1.165) is 12.8 Å². The number of nitriles is 1. The third-order valence-corrected chi connectivity index (χ3v) is 1.95. The van der Waals surface area contributed by atoms with E-state index in [9.17, 15) is 4.79 Å². The summed E-state index contributed by atoms with van der Waals surface area (Å²) in [6, 6.07) is 3.46. The van der Waals surface area contributed by atoms with Crippen molar-refractivity contribution in [2.45, 2.75) is 18.9 Å². The minimum Gasteiger partial charge on any atom is -0.489 e. The Kier molecular flexibility index (Phi) is 2.15. The summed E-state index contributed by atoms with van der Waals surface area (Å²) in [7, 11) is 0. The summed E-state index contributed by atoms with van der Waals surface area (Å²) in [5, 5.41) is 8.72. The summed E-state index contributed by atoms with van der Waals surface area (Å²) in [6.07, 6.45) is 4.42. The molecule has 1 aromatic heterocycles. The van der Waals surface area contributed by atoms with Gasteiger partial charge in [-0.1, -0.05) is 0 Å². The summed E-state index contributed by atoms with van der Waals surface area (Å²) >= 11 is 0. The molecule has 0 spiro atoms. The minimum absolute atomic E-state index is 0.163. The summed E-state index contributed by atoms with van der Waals surface area (Å²) < 4.78 is 5.44. The fraction of sp³-hybridized carbons (Fsp3) is 0.300. The molecule has 2 rings (SSSR count). The van der Waals surface area contributed by atoms with Gasteiger partial charge in [-0.2, -0.15) is 5.26 Å². The van der Waals surface area contributed by atoms with Crippen molar-refractivity contribution in [1.82, 2.24) is 4.98 Å². The first-order valence-electron chi connectivity index (χ1n) is 4.35. The van der Waals surface area contributed by atoms with Gasteiger partial charge >= 0.3 is 0 Å². The van der Waals surface area contributed by atoms with E-state index in [1.807, 2.05) is 6.07 Å². The number of aromatic nitrogens is 1. The second-order valence-corrected chi connectivity index (χ2v) is 3.15. The van der Waals surface area contributed by atoms with Gasteiger partial charge in [-0.15, -0.1) is 0 Å². The normalized spacial score (nSPS) is 14.5. The molecular formula is C10H8N2O2.